The molecule has 2 aromatic carbocycles. The van der Waals surface area contributed by atoms with Crippen LogP contribution in [0.15, 0.2) is 48.5 Å². The zero-order valence-electron chi connectivity index (χ0n) is 11.0. The number of carbonyl (C=O) groups excluding carboxylic acids is 1. The molecule has 21 heavy (non-hydrogen) atoms. The number of benzene rings is 2. The molecule has 2 amide bonds. The lowest BCUT2D eigenvalue weighted by Gasteiger charge is -2.13. The van der Waals surface area contributed by atoms with E-state index in [-0.39, 0.29) is 12.1 Å². The Morgan fingerprint density at radius 1 is 1.19 bits per heavy atom. The Labute approximate surface area is 126 Å². The Morgan fingerprint density at radius 2 is 1.86 bits per heavy atom. The SMILES string of the molecule is O=C(NCC(O)c1ccccc1F)Nc1ccc(Cl)cc1. The maximum Gasteiger partial charge on any atom is 0.319 e. The monoisotopic (exact) mass is 308 g/mol. The van der Waals surface area contributed by atoms with Crippen LogP contribution >= 0.6 is 11.6 Å². The molecule has 4 nitrogen and oxygen atoms in total. The van der Waals surface area contributed by atoms with Crippen molar-refractivity contribution in [1.82, 2.24) is 5.32 Å². The Hall–Kier alpha value is -2.11. The number of aliphatic hydroxyl groups excluding tert-OH is 1. The van der Waals surface area contributed by atoms with Crippen molar-refractivity contribution in [3.8, 4) is 0 Å². The molecule has 0 heterocycles. The first-order valence-corrected chi connectivity index (χ1v) is 6.67. The maximum absolute atomic E-state index is 13.4. The molecule has 3 N–H and O–H groups in total. The van der Waals surface area contributed by atoms with Gasteiger partial charge in [-0.1, -0.05) is 29.8 Å². The van der Waals surface area contributed by atoms with Crippen LogP contribution < -0.4 is 10.6 Å². The Morgan fingerprint density at radius 3 is 2.52 bits per heavy atom. The second kappa shape index (κ2) is 7.06. The molecular formula is C15H14ClFN2O2. The number of anilines is 1. The summed E-state index contributed by atoms with van der Waals surface area (Å²) in [5.41, 5.74) is 0.710. The van der Waals surface area contributed by atoms with Crippen LogP contribution in [0.2, 0.25) is 5.02 Å². The van der Waals surface area contributed by atoms with Gasteiger partial charge in [0.1, 0.15) is 5.82 Å². The Kier molecular flexibility index (Phi) is 5.14. The molecule has 0 saturated heterocycles. The molecule has 0 bridgehead atoms. The predicted molar refractivity (Wildman–Crippen MR) is 79.8 cm³/mol. The van der Waals surface area contributed by atoms with E-state index in [0.29, 0.717) is 10.7 Å². The van der Waals surface area contributed by atoms with Crippen molar-refractivity contribution in [3.05, 3.63) is 64.9 Å². The molecule has 0 saturated carbocycles. The lowest BCUT2D eigenvalue weighted by molar-refractivity contribution is 0.170. The molecule has 0 aliphatic heterocycles. The molecule has 0 aromatic heterocycles. The van der Waals surface area contributed by atoms with Gasteiger partial charge in [-0.2, -0.15) is 0 Å². The third-order valence-electron chi connectivity index (χ3n) is 2.82. The van der Waals surface area contributed by atoms with Gasteiger partial charge in [0.15, 0.2) is 0 Å². The number of urea groups is 1. The van der Waals surface area contributed by atoms with Gasteiger partial charge in [0.2, 0.25) is 0 Å². The number of hydrogen-bond donors (Lipinski definition) is 3. The average molecular weight is 309 g/mol. The van der Waals surface area contributed by atoms with Gasteiger partial charge in [0, 0.05) is 22.8 Å². The second-order valence-corrected chi connectivity index (χ2v) is 4.82. The summed E-state index contributed by atoms with van der Waals surface area (Å²) in [6, 6.07) is 12.0. The van der Waals surface area contributed by atoms with Gasteiger partial charge in [-0.3, -0.25) is 0 Å². The van der Waals surface area contributed by atoms with Crippen molar-refractivity contribution in [3.63, 3.8) is 0 Å². The number of rotatable bonds is 4. The molecule has 6 heteroatoms. The van der Waals surface area contributed by atoms with E-state index in [0.717, 1.165) is 0 Å². The molecule has 0 spiro atoms. The number of halogens is 2. The normalized spacial score (nSPS) is 11.8. The Bertz CT molecular complexity index is 619. The molecule has 2 aromatic rings. The van der Waals surface area contributed by atoms with Crippen molar-refractivity contribution in [2.45, 2.75) is 6.10 Å². The third kappa shape index (κ3) is 4.44. The number of amides is 2. The summed E-state index contributed by atoms with van der Waals surface area (Å²) in [6.45, 7) is -0.0969. The molecular weight excluding hydrogens is 295 g/mol. The van der Waals surface area contributed by atoms with Crippen molar-refractivity contribution < 1.29 is 14.3 Å². The smallest absolute Gasteiger partial charge is 0.319 e. The molecule has 2 rings (SSSR count). The summed E-state index contributed by atoms with van der Waals surface area (Å²) in [5.74, 6) is -0.509. The summed E-state index contributed by atoms with van der Waals surface area (Å²) in [5, 5.41) is 15.5. The van der Waals surface area contributed by atoms with Gasteiger partial charge in [-0.05, 0) is 30.3 Å². The fourth-order valence-corrected chi connectivity index (χ4v) is 1.88. The van der Waals surface area contributed by atoms with Gasteiger partial charge in [0.05, 0.1) is 6.10 Å². The van der Waals surface area contributed by atoms with Crippen molar-refractivity contribution in [2.24, 2.45) is 0 Å². The first-order valence-electron chi connectivity index (χ1n) is 6.29. The van der Waals surface area contributed by atoms with Crippen LogP contribution in [0.25, 0.3) is 0 Å². The summed E-state index contributed by atoms with van der Waals surface area (Å²) in [7, 11) is 0. The van der Waals surface area contributed by atoms with E-state index in [9.17, 15) is 14.3 Å². The van der Waals surface area contributed by atoms with Gasteiger partial charge < -0.3 is 15.7 Å². The standard InChI is InChI=1S/C15H14ClFN2O2/c16-10-5-7-11(8-6-10)19-15(21)18-9-14(20)12-3-1-2-4-13(12)17/h1-8,14,20H,9H2,(H2,18,19,21). The second-order valence-electron chi connectivity index (χ2n) is 4.38. The van der Waals surface area contributed by atoms with Crippen molar-refractivity contribution in [1.29, 1.82) is 0 Å². The number of carbonyl (C=O) groups is 1. The summed E-state index contributed by atoms with van der Waals surface area (Å²) in [6.07, 6.45) is -1.11. The lowest BCUT2D eigenvalue weighted by atomic mass is 10.1. The van der Waals surface area contributed by atoms with E-state index in [1.165, 1.54) is 18.2 Å². The van der Waals surface area contributed by atoms with E-state index in [1.807, 2.05) is 0 Å². The van der Waals surface area contributed by atoms with E-state index < -0.39 is 18.0 Å². The minimum atomic E-state index is -1.11. The summed E-state index contributed by atoms with van der Waals surface area (Å²) < 4.78 is 13.4. The molecule has 0 aliphatic rings. The summed E-state index contributed by atoms with van der Waals surface area (Å²) >= 11 is 5.74. The van der Waals surface area contributed by atoms with Gasteiger partial charge in [-0.15, -0.1) is 0 Å². The van der Waals surface area contributed by atoms with Crippen LogP contribution in [0.4, 0.5) is 14.9 Å². The third-order valence-corrected chi connectivity index (χ3v) is 3.07. The largest absolute Gasteiger partial charge is 0.386 e. The zero-order chi connectivity index (χ0) is 15.2. The van der Waals surface area contributed by atoms with Crippen LogP contribution in [0.3, 0.4) is 0 Å². The van der Waals surface area contributed by atoms with Crippen LogP contribution in [0, 0.1) is 5.82 Å². The lowest BCUT2D eigenvalue weighted by Crippen LogP contribution is -2.32. The average Bonchev–Trinajstić information content (AvgIpc) is 2.48. The minimum absolute atomic E-state index is 0.0969. The highest BCUT2D eigenvalue weighted by atomic mass is 35.5. The highest BCUT2D eigenvalue weighted by molar-refractivity contribution is 6.30. The van der Waals surface area contributed by atoms with Crippen LogP contribution in [-0.4, -0.2) is 17.7 Å². The molecule has 110 valence electrons. The first-order chi connectivity index (χ1) is 10.1. The van der Waals surface area contributed by atoms with Crippen molar-refractivity contribution in [2.75, 3.05) is 11.9 Å². The van der Waals surface area contributed by atoms with Gasteiger partial charge in [0.25, 0.3) is 0 Å². The van der Waals surface area contributed by atoms with Crippen LogP contribution in [0.1, 0.15) is 11.7 Å². The number of nitrogens with one attached hydrogen (secondary N) is 2. The topological polar surface area (TPSA) is 61.4 Å². The molecule has 1 atom stereocenters. The fourth-order valence-electron chi connectivity index (χ4n) is 1.75. The predicted octanol–water partition coefficient (Wildman–Crippen LogP) is 3.33. The van der Waals surface area contributed by atoms with Gasteiger partial charge >= 0.3 is 6.03 Å². The Balaban J connectivity index is 1.86. The van der Waals surface area contributed by atoms with E-state index >= 15 is 0 Å². The first kappa shape index (κ1) is 15.3. The number of aliphatic hydroxyl groups is 1. The highest BCUT2D eigenvalue weighted by Crippen LogP contribution is 2.16. The molecule has 0 aliphatic carbocycles. The molecule has 1 unspecified atom stereocenters. The highest BCUT2D eigenvalue weighted by Gasteiger charge is 2.13. The van der Waals surface area contributed by atoms with Crippen molar-refractivity contribution >= 4 is 23.3 Å². The van der Waals surface area contributed by atoms with Crippen LogP contribution in [-0.2, 0) is 0 Å². The molecule has 0 fully saturated rings. The summed E-state index contributed by atoms with van der Waals surface area (Å²) in [4.78, 5) is 11.7. The van der Waals surface area contributed by atoms with E-state index in [4.69, 9.17) is 11.6 Å². The quantitative estimate of drug-likeness (QED) is 0.811. The van der Waals surface area contributed by atoms with Crippen LogP contribution in [0.5, 0.6) is 0 Å². The fraction of sp³-hybridized carbons (Fsp3) is 0.133. The number of hydrogen-bond acceptors (Lipinski definition) is 2. The molecule has 0 radical (unpaired) electrons. The maximum atomic E-state index is 13.4. The zero-order valence-corrected chi connectivity index (χ0v) is 11.8. The van der Waals surface area contributed by atoms with E-state index in [2.05, 4.69) is 10.6 Å². The van der Waals surface area contributed by atoms with Gasteiger partial charge in [-0.25, -0.2) is 9.18 Å². The van der Waals surface area contributed by atoms with E-state index in [1.54, 1.807) is 30.3 Å². The minimum Gasteiger partial charge on any atom is -0.386 e.